The second-order valence-electron chi connectivity index (χ2n) is 5.06. The predicted molar refractivity (Wildman–Crippen MR) is 74.5 cm³/mol. The van der Waals surface area contributed by atoms with Crippen LogP contribution < -0.4 is 5.73 Å². The molecule has 98 valence electrons. The maximum absolute atomic E-state index is 13.1. The molecule has 0 bridgehead atoms. The molecular weight excluding hydrogens is 257 g/mol. The van der Waals surface area contributed by atoms with Gasteiger partial charge in [0.1, 0.15) is 5.82 Å². The average molecular weight is 278 g/mol. The van der Waals surface area contributed by atoms with Gasteiger partial charge in [-0.2, -0.15) is 0 Å². The third-order valence-corrected chi connectivity index (χ3v) is 3.10. The van der Waals surface area contributed by atoms with Crippen molar-refractivity contribution in [1.29, 1.82) is 0 Å². The fraction of sp³-hybridized carbons (Fsp3) is 0.500. The number of hydrogen-bond acceptors (Lipinski definition) is 2. The summed E-state index contributed by atoms with van der Waals surface area (Å²) in [7, 11) is -1.69. The van der Waals surface area contributed by atoms with E-state index in [-0.39, 0.29) is 30.4 Å². The maximum atomic E-state index is 13.1. The van der Waals surface area contributed by atoms with Crippen LogP contribution in [0.4, 0.5) is 4.39 Å². The van der Waals surface area contributed by atoms with Gasteiger partial charge in [-0.05, 0) is 44.3 Å². The van der Waals surface area contributed by atoms with Crippen molar-refractivity contribution >= 4 is 20.7 Å². The molecule has 2 atom stereocenters. The van der Waals surface area contributed by atoms with E-state index in [0.717, 1.165) is 5.56 Å². The van der Waals surface area contributed by atoms with E-state index in [1.54, 1.807) is 6.07 Å². The molecule has 0 aliphatic heterocycles. The Labute approximate surface area is 110 Å². The van der Waals surface area contributed by atoms with E-state index in [9.17, 15) is 4.39 Å². The molecule has 1 aromatic carbocycles. The molecule has 0 aliphatic carbocycles. The van der Waals surface area contributed by atoms with Crippen molar-refractivity contribution in [2.45, 2.75) is 38.7 Å². The summed E-state index contributed by atoms with van der Waals surface area (Å²) in [5, 5.41) is 0. The Morgan fingerprint density at radius 3 is 2.29 bits per heavy atom. The normalized spacial score (nSPS) is 14.9. The SMILES string of the molecule is CC(N)C(O[Si](C)(C)C)c1cccc(F)c1.Cl. The molecule has 0 fully saturated rings. The second kappa shape index (κ2) is 6.49. The van der Waals surface area contributed by atoms with Crippen molar-refractivity contribution in [3.8, 4) is 0 Å². The molecule has 1 rings (SSSR count). The van der Waals surface area contributed by atoms with Gasteiger partial charge in [0, 0.05) is 6.04 Å². The van der Waals surface area contributed by atoms with Crippen LogP contribution >= 0.6 is 12.4 Å². The van der Waals surface area contributed by atoms with E-state index >= 15 is 0 Å². The first kappa shape index (κ1) is 16.6. The molecule has 17 heavy (non-hydrogen) atoms. The van der Waals surface area contributed by atoms with E-state index in [0.29, 0.717) is 0 Å². The van der Waals surface area contributed by atoms with Crippen LogP contribution in [0.5, 0.6) is 0 Å². The maximum Gasteiger partial charge on any atom is 0.184 e. The zero-order chi connectivity index (χ0) is 12.3. The van der Waals surface area contributed by atoms with Gasteiger partial charge in [0.2, 0.25) is 0 Å². The quantitative estimate of drug-likeness (QED) is 0.855. The lowest BCUT2D eigenvalue weighted by atomic mass is 10.0. The van der Waals surface area contributed by atoms with Gasteiger partial charge in [-0.3, -0.25) is 0 Å². The second-order valence-corrected chi connectivity index (χ2v) is 9.53. The first-order valence-electron chi connectivity index (χ1n) is 5.48. The first-order valence-corrected chi connectivity index (χ1v) is 8.89. The predicted octanol–water partition coefficient (Wildman–Crippen LogP) is 3.49. The molecule has 5 heteroatoms. The third-order valence-electron chi connectivity index (χ3n) is 2.14. The molecule has 0 spiro atoms. The molecule has 0 amide bonds. The highest BCUT2D eigenvalue weighted by Crippen LogP contribution is 2.25. The van der Waals surface area contributed by atoms with E-state index in [2.05, 4.69) is 19.6 Å². The zero-order valence-corrected chi connectivity index (χ0v) is 12.6. The molecular formula is C12H21ClFNOSi. The highest BCUT2D eigenvalue weighted by molar-refractivity contribution is 6.69. The molecule has 1 aromatic rings. The van der Waals surface area contributed by atoms with Crippen molar-refractivity contribution in [3.63, 3.8) is 0 Å². The lowest BCUT2D eigenvalue weighted by Gasteiger charge is -2.29. The Bertz CT molecular complexity index is 355. The molecule has 2 N–H and O–H groups in total. The Morgan fingerprint density at radius 1 is 1.29 bits per heavy atom. The Morgan fingerprint density at radius 2 is 1.88 bits per heavy atom. The van der Waals surface area contributed by atoms with Gasteiger partial charge in [-0.25, -0.2) is 4.39 Å². The van der Waals surface area contributed by atoms with Gasteiger partial charge in [-0.1, -0.05) is 12.1 Å². The van der Waals surface area contributed by atoms with Crippen molar-refractivity contribution in [1.82, 2.24) is 0 Å². The molecule has 0 aromatic heterocycles. The Hall–Kier alpha value is -0.423. The summed E-state index contributed by atoms with van der Waals surface area (Å²) < 4.78 is 19.1. The summed E-state index contributed by atoms with van der Waals surface area (Å²) in [4.78, 5) is 0. The number of hydrogen-bond donors (Lipinski definition) is 1. The lowest BCUT2D eigenvalue weighted by molar-refractivity contribution is 0.172. The van der Waals surface area contributed by atoms with Crippen LogP contribution in [0.1, 0.15) is 18.6 Å². The summed E-state index contributed by atoms with van der Waals surface area (Å²) >= 11 is 0. The van der Waals surface area contributed by atoms with Crippen LogP contribution in [0.25, 0.3) is 0 Å². The van der Waals surface area contributed by atoms with Crippen molar-refractivity contribution in [2.75, 3.05) is 0 Å². The molecule has 2 nitrogen and oxygen atoms in total. The summed E-state index contributed by atoms with van der Waals surface area (Å²) in [5.41, 5.74) is 6.72. The smallest absolute Gasteiger partial charge is 0.184 e. The third kappa shape index (κ3) is 5.63. The van der Waals surface area contributed by atoms with Crippen LogP contribution in [-0.4, -0.2) is 14.4 Å². The average Bonchev–Trinajstić information content (AvgIpc) is 2.12. The molecule has 0 saturated heterocycles. The van der Waals surface area contributed by atoms with Gasteiger partial charge < -0.3 is 10.2 Å². The highest BCUT2D eigenvalue weighted by Gasteiger charge is 2.25. The lowest BCUT2D eigenvalue weighted by Crippen LogP contribution is -2.36. The van der Waals surface area contributed by atoms with E-state index in [1.807, 2.05) is 13.0 Å². The standard InChI is InChI=1S/C12H20FNOSi.ClH/c1-9(14)12(15-16(2,3)4)10-6-5-7-11(13)8-10;/h5-9,12H,14H2,1-4H3;1H. The van der Waals surface area contributed by atoms with Crippen molar-refractivity contribution < 1.29 is 8.82 Å². The van der Waals surface area contributed by atoms with Crippen LogP contribution in [0.2, 0.25) is 19.6 Å². The van der Waals surface area contributed by atoms with Crippen LogP contribution in [-0.2, 0) is 4.43 Å². The van der Waals surface area contributed by atoms with Gasteiger partial charge in [0.05, 0.1) is 6.10 Å². The fourth-order valence-corrected chi connectivity index (χ4v) is 2.66. The Kier molecular flexibility index (Phi) is 6.33. The van der Waals surface area contributed by atoms with Gasteiger partial charge in [0.25, 0.3) is 0 Å². The molecule has 0 saturated carbocycles. The van der Waals surface area contributed by atoms with E-state index in [1.165, 1.54) is 12.1 Å². The summed E-state index contributed by atoms with van der Waals surface area (Å²) in [6, 6.07) is 6.32. The molecule has 0 radical (unpaired) electrons. The van der Waals surface area contributed by atoms with E-state index in [4.69, 9.17) is 10.2 Å². The molecule has 0 heterocycles. The minimum atomic E-state index is -1.69. The zero-order valence-electron chi connectivity index (χ0n) is 10.7. The molecule has 0 aliphatic rings. The highest BCUT2D eigenvalue weighted by atomic mass is 35.5. The largest absolute Gasteiger partial charge is 0.409 e. The Balaban J connectivity index is 0.00000256. The number of rotatable bonds is 4. The minimum absolute atomic E-state index is 0. The van der Waals surface area contributed by atoms with Gasteiger partial charge >= 0.3 is 0 Å². The molecule has 2 unspecified atom stereocenters. The summed E-state index contributed by atoms with van der Waals surface area (Å²) in [5.74, 6) is -0.248. The summed E-state index contributed by atoms with van der Waals surface area (Å²) in [6.07, 6.45) is -0.220. The number of benzene rings is 1. The van der Waals surface area contributed by atoms with Crippen molar-refractivity contribution in [2.24, 2.45) is 5.73 Å². The van der Waals surface area contributed by atoms with Crippen molar-refractivity contribution in [3.05, 3.63) is 35.6 Å². The van der Waals surface area contributed by atoms with E-state index < -0.39 is 8.32 Å². The monoisotopic (exact) mass is 277 g/mol. The number of halogens is 2. The summed E-state index contributed by atoms with van der Waals surface area (Å²) in [6.45, 7) is 8.18. The fourth-order valence-electron chi connectivity index (χ4n) is 1.54. The first-order chi connectivity index (χ1) is 7.29. The van der Waals surface area contributed by atoms with Crippen LogP contribution in [0.15, 0.2) is 24.3 Å². The van der Waals surface area contributed by atoms with Crippen LogP contribution in [0, 0.1) is 5.82 Å². The number of nitrogens with two attached hydrogens (primary N) is 1. The minimum Gasteiger partial charge on any atom is -0.409 e. The topological polar surface area (TPSA) is 35.2 Å². The van der Waals surface area contributed by atoms with Gasteiger partial charge in [-0.15, -0.1) is 12.4 Å². The van der Waals surface area contributed by atoms with Gasteiger partial charge in [0.15, 0.2) is 8.32 Å². The van der Waals surface area contributed by atoms with Crippen LogP contribution in [0.3, 0.4) is 0 Å².